The van der Waals surface area contributed by atoms with E-state index in [1.165, 1.54) is 0 Å². The second-order valence-corrected chi connectivity index (χ2v) is 9.94. The molecule has 0 saturated carbocycles. The number of aliphatic hydroxyl groups excluding tert-OH is 9. The topological polar surface area (TPSA) is 297 Å². The summed E-state index contributed by atoms with van der Waals surface area (Å²) in [6, 6.07) is -1.22. The van der Waals surface area contributed by atoms with Crippen molar-refractivity contribution in [2.24, 2.45) is 0 Å². The Morgan fingerprint density at radius 2 is 1.68 bits per heavy atom. The fourth-order valence-corrected chi connectivity index (χ4v) is 4.10. The normalized spacial score (nSPS) is 29.6. The zero-order valence-electron chi connectivity index (χ0n) is 20.6. The number of nitrogens with one attached hydrogen (secondary N) is 2. The standard InChI is InChI=1S/C19H39N2O16P/c1-9(25)21-11(4-20-2-3-34-38(32,33)35-8-10(26)5-22)14(28)18(12(27)6-23)37-19-17(31)16(30)15(29)13(7-24)36-19/h10-20,22-24,26-31H,2-8H2,1H3,(H,21,25)(H,32,33)/t10?,11-,12+,13+,14+,15-,16-,17+,18+,19-/m0/s1. The van der Waals surface area contributed by atoms with Crippen molar-refractivity contribution in [2.45, 2.75) is 68.1 Å². The van der Waals surface area contributed by atoms with Gasteiger partial charge in [0.15, 0.2) is 6.29 Å². The second-order valence-electron chi connectivity index (χ2n) is 8.48. The molecule has 1 aliphatic heterocycles. The number of hydrogen-bond acceptors (Lipinski definition) is 16. The molecule has 1 heterocycles. The highest BCUT2D eigenvalue weighted by atomic mass is 31.2. The van der Waals surface area contributed by atoms with Crippen LogP contribution < -0.4 is 10.6 Å². The third-order valence-electron chi connectivity index (χ3n) is 5.38. The van der Waals surface area contributed by atoms with E-state index in [0.29, 0.717) is 0 Å². The lowest BCUT2D eigenvalue weighted by Gasteiger charge is -2.42. The van der Waals surface area contributed by atoms with Crippen LogP contribution in [0.2, 0.25) is 0 Å². The fraction of sp³-hybridized carbons (Fsp3) is 0.947. The molecule has 1 amide bonds. The van der Waals surface area contributed by atoms with Crippen LogP contribution in [0.25, 0.3) is 0 Å². The van der Waals surface area contributed by atoms with E-state index < -0.39 is 108 Å². The Labute approximate surface area is 218 Å². The Morgan fingerprint density at radius 1 is 1.03 bits per heavy atom. The first-order valence-corrected chi connectivity index (χ1v) is 13.1. The van der Waals surface area contributed by atoms with Crippen LogP contribution in [-0.4, -0.2) is 164 Å². The van der Waals surface area contributed by atoms with Gasteiger partial charge in [-0.2, -0.15) is 0 Å². The number of carbonyl (C=O) groups is 1. The highest BCUT2D eigenvalue weighted by Gasteiger charge is 2.47. The van der Waals surface area contributed by atoms with Crippen molar-refractivity contribution in [3.63, 3.8) is 0 Å². The lowest BCUT2D eigenvalue weighted by atomic mass is 9.98. The Hall–Kier alpha value is -0.900. The molecule has 0 bridgehead atoms. The number of phosphoric acid groups is 1. The van der Waals surface area contributed by atoms with E-state index in [1.54, 1.807) is 0 Å². The zero-order valence-corrected chi connectivity index (χ0v) is 21.5. The Balaban J connectivity index is 2.81. The molecular weight excluding hydrogens is 543 g/mol. The molecule has 18 nitrogen and oxygen atoms in total. The monoisotopic (exact) mass is 582 g/mol. The maximum Gasteiger partial charge on any atom is 0.472 e. The molecule has 226 valence electrons. The summed E-state index contributed by atoms with van der Waals surface area (Å²) in [5, 5.41) is 92.9. The first-order valence-electron chi connectivity index (χ1n) is 11.6. The predicted octanol–water partition coefficient (Wildman–Crippen LogP) is -6.53. The Kier molecular flexibility index (Phi) is 15.7. The van der Waals surface area contributed by atoms with E-state index in [4.69, 9.17) is 19.7 Å². The van der Waals surface area contributed by atoms with Crippen LogP contribution >= 0.6 is 7.82 Å². The first-order chi connectivity index (χ1) is 17.8. The van der Waals surface area contributed by atoms with Crippen molar-refractivity contribution in [1.29, 1.82) is 0 Å². The second kappa shape index (κ2) is 17.0. The number of ether oxygens (including phenoxy) is 2. The van der Waals surface area contributed by atoms with Gasteiger partial charge in [0.05, 0.1) is 39.1 Å². The van der Waals surface area contributed by atoms with E-state index >= 15 is 0 Å². The number of amides is 1. The van der Waals surface area contributed by atoms with Crippen molar-refractivity contribution >= 4 is 13.7 Å². The van der Waals surface area contributed by atoms with Gasteiger partial charge in [-0.25, -0.2) is 4.57 Å². The molecular formula is C19H39N2O16P. The lowest BCUT2D eigenvalue weighted by Crippen LogP contribution is -2.63. The summed E-state index contributed by atoms with van der Waals surface area (Å²) >= 11 is 0. The molecule has 0 spiro atoms. The van der Waals surface area contributed by atoms with Gasteiger partial charge in [-0.1, -0.05) is 0 Å². The maximum absolute atomic E-state index is 11.7. The van der Waals surface area contributed by atoms with E-state index in [0.717, 1.165) is 6.92 Å². The highest BCUT2D eigenvalue weighted by Crippen LogP contribution is 2.42. The molecule has 0 aromatic rings. The molecule has 1 aliphatic rings. The minimum Gasteiger partial charge on any atom is -0.394 e. The van der Waals surface area contributed by atoms with Gasteiger partial charge in [0.2, 0.25) is 5.91 Å². The van der Waals surface area contributed by atoms with E-state index in [2.05, 4.69) is 19.7 Å². The number of carbonyl (C=O) groups excluding carboxylic acids is 1. The SMILES string of the molecule is CC(=O)N[C@@H](CNCCOP(=O)(O)OCC(O)CO)[C@@H](O)[C@H](O[C@@H]1O[C@H](CO)[C@H](O)[C@H](O)[C@H]1O)[C@H](O)CO. The number of aliphatic hydroxyl groups is 9. The summed E-state index contributed by atoms with van der Waals surface area (Å²) in [5.41, 5.74) is 0. The smallest absolute Gasteiger partial charge is 0.394 e. The summed E-state index contributed by atoms with van der Waals surface area (Å²) in [6.07, 6.45) is -15.2. The van der Waals surface area contributed by atoms with Gasteiger partial charge in [-0.15, -0.1) is 0 Å². The molecule has 1 fully saturated rings. The third-order valence-corrected chi connectivity index (χ3v) is 6.37. The molecule has 1 rings (SSSR count). The molecule has 19 heteroatoms. The van der Waals surface area contributed by atoms with Gasteiger partial charge in [-0.3, -0.25) is 13.8 Å². The van der Waals surface area contributed by atoms with Gasteiger partial charge in [0.1, 0.15) is 48.8 Å². The van der Waals surface area contributed by atoms with Crippen molar-refractivity contribution in [2.75, 3.05) is 46.1 Å². The summed E-state index contributed by atoms with van der Waals surface area (Å²) < 4.78 is 31.5. The molecule has 0 aliphatic carbocycles. The number of rotatable bonds is 18. The molecule has 0 aromatic heterocycles. The third kappa shape index (κ3) is 11.3. The number of hydrogen-bond donors (Lipinski definition) is 12. The van der Waals surface area contributed by atoms with E-state index in [1.807, 2.05) is 0 Å². The molecule has 0 aromatic carbocycles. The summed E-state index contributed by atoms with van der Waals surface area (Å²) in [4.78, 5) is 21.2. The average Bonchev–Trinajstić information content (AvgIpc) is 2.88. The van der Waals surface area contributed by atoms with Gasteiger partial charge >= 0.3 is 7.82 Å². The Bertz CT molecular complexity index is 735. The van der Waals surface area contributed by atoms with Crippen LogP contribution in [0, 0.1) is 0 Å². The minimum absolute atomic E-state index is 0.125. The predicted molar refractivity (Wildman–Crippen MR) is 123 cm³/mol. The Morgan fingerprint density at radius 3 is 2.24 bits per heavy atom. The van der Waals surface area contributed by atoms with Crippen LogP contribution in [0.5, 0.6) is 0 Å². The first kappa shape index (κ1) is 35.1. The van der Waals surface area contributed by atoms with Crippen molar-refractivity contribution in [1.82, 2.24) is 10.6 Å². The quantitative estimate of drug-likeness (QED) is 0.0528. The summed E-state index contributed by atoms with van der Waals surface area (Å²) in [7, 11) is -4.55. The van der Waals surface area contributed by atoms with Gasteiger partial charge in [0.25, 0.3) is 0 Å². The van der Waals surface area contributed by atoms with Crippen molar-refractivity contribution in [3.8, 4) is 0 Å². The number of phosphoric ester groups is 1. The molecule has 11 atom stereocenters. The highest BCUT2D eigenvalue weighted by molar-refractivity contribution is 7.47. The molecule has 2 unspecified atom stereocenters. The largest absolute Gasteiger partial charge is 0.472 e. The minimum atomic E-state index is -4.55. The fourth-order valence-electron chi connectivity index (χ4n) is 3.35. The summed E-state index contributed by atoms with van der Waals surface area (Å²) in [5.74, 6) is -0.618. The van der Waals surface area contributed by atoms with Gasteiger partial charge in [-0.05, 0) is 0 Å². The molecule has 12 N–H and O–H groups in total. The van der Waals surface area contributed by atoms with E-state index in [-0.39, 0.29) is 13.1 Å². The zero-order chi connectivity index (χ0) is 29.0. The van der Waals surface area contributed by atoms with Crippen LogP contribution in [0.15, 0.2) is 0 Å². The van der Waals surface area contributed by atoms with Crippen LogP contribution in [-0.2, 0) is 27.9 Å². The average molecular weight is 582 g/mol. The van der Waals surface area contributed by atoms with Crippen LogP contribution in [0.1, 0.15) is 6.92 Å². The molecule has 38 heavy (non-hydrogen) atoms. The molecule has 0 radical (unpaired) electrons. The van der Waals surface area contributed by atoms with Crippen molar-refractivity contribution in [3.05, 3.63) is 0 Å². The van der Waals surface area contributed by atoms with Crippen molar-refractivity contribution < 1.29 is 78.7 Å². The molecule has 1 saturated heterocycles. The van der Waals surface area contributed by atoms with Gasteiger partial charge < -0.3 is 71.0 Å². The lowest BCUT2D eigenvalue weighted by molar-refractivity contribution is -0.325. The van der Waals surface area contributed by atoms with E-state index in [9.17, 15) is 50.0 Å². The maximum atomic E-state index is 11.7. The summed E-state index contributed by atoms with van der Waals surface area (Å²) in [6.45, 7) is -2.71. The van der Waals surface area contributed by atoms with Crippen LogP contribution in [0.4, 0.5) is 0 Å². The van der Waals surface area contributed by atoms with Crippen LogP contribution in [0.3, 0.4) is 0 Å². The van der Waals surface area contributed by atoms with Gasteiger partial charge in [0, 0.05) is 20.0 Å².